The average molecular weight is 231 g/mol. The van der Waals surface area contributed by atoms with Crippen molar-refractivity contribution in [2.75, 3.05) is 33.0 Å². The van der Waals surface area contributed by atoms with Crippen molar-refractivity contribution >= 4 is 0 Å². The van der Waals surface area contributed by atoms with Gasteiger partial charge in [-0.3, -0.25) is 0 Å². The van der Waals surface area contributed by atoms with Gasteiger partial charge in [0.15, 0.2) is 0 Å². The Balaban J connectivity index is 1.75. The van der Waals surface area contributed by atoms with Crippen LogP contribution >= 0.6 is 0 Å². The zero-order chi connectivity index (χ0) is 11.6. The maximum absolute atomic E-state index is 9.54. The van der Waals surface area contributed by atoms with Crippen molar-refractivity contribution in [3.63, 3.8) is 0 Å². The first kappa shape index (κ1) is 13.9. The van der Waals surface area contributed by atoms with Crippen LogP contribution in [0.2, 0.25) is 0 Å². The number of nitrogens with one attached hydrogen (secondary N) is 1. The van der Waals surface area contributed by atoms with E-state index in [0.717, 1.165) is 19.4 Å². The van der Waals surface area contributed by atoms with Crippen LogP contribution in [0.5, 0.6) is 0 Å². The third-order valence-corrected chi connectivity index (χ3v) is 2.54. The van der Waals surface area contributed by atoms with Gasteiger partial charge in [0.2, 0.25) is 0 Å². The Labute approximate surface area is 98.3 Å². The van der Waals surface area contributed by atoms with Crippen molar-refractivity contribution in [1.29, 1.82) is 0 Å². The summed E-state index contributed by atoms with van der Waals surface area (Å²) < 4.78 is 10.7. The molecule has 0 aromatic heterocycles. The summed E-state index contributed by atoms with van der Waals surface area (Å²) in [5.41, 5.74) is 0. The van der Waals surface area contributed by atoms with Crippen LogP contribution in [0.3, 0.4) is 0 Å². The summed E-state index contributed by atoms with van der Waals surface area (Å²) in [6.07, 6.45) is 4.37. The fourth-order valence-corrected chi connectivity index (χ4v) is 1.33. The molecule has 0 saturated heterocycles. The molecule has 4 nitrogen and oxygen atoms in total. The van der Waals surface area contributed by atoms with Gasteiger partial charge in [0, 0.05) is 19.2 Å². The number of unbranched alkanes of at least 4 members (excludes halogenated alkanes) is 1. The van der Waals surface area contributed by atoms with Crippen LogP contribution < -0.4 is 5.32 Å². The predicted molar refractivity (Wildman–Crippen MR) is 63.6 cm³/mol. The van der Waals surface area contributed by atoms with Gasteiger partial charge in [-0.25, -0.2) is 0 Å². The Morgan fingerprint density at radius 1 is 1.25 bits per heavy atom. The molecular weight excluding hydrogens is 206 g/mol. The lowest BCUT2D eigenvalue weighted by atomic mass is 10.4. The second kappa shape index (κ2) is 8.93. The molecule has 1 fully saturated rings. The number of ether oxygens (including phenoxy) is 2. The molecule has 0 aliphatic heterocycles. The molecule has 16 heavy (non-hydrogen) atoms. The Morgan fingerprint density at radius 2 is 2.00 bits per heavy atom. The van der Waals surface area contributed by atoms with Gasteiger partial charge in [-0.1, -0.05) is 13.3 Å². The molecule has 1 atom stereocenters. The summed E-state index contributed by atoms with van der Waals surface area (Å²) in [5.74, 6) is 0. The molecule has 1 saturated carbocycles. The van der Waals surface area contributed by atoms with Crippen LogP contribution in [-0.2, 0) is 9.47 Å². The maximum atomic E-state index is 9.54. The zero-order valence-corrected chi connectivity index (χ0v) is 10.3. The minimum absolute atomic E-state index is 0.392. The molecule has 0 radical (unpaired) electrons. The van der Waals surface area contributed by atoms with Gasteiger partial charge in [0.05, 0.1) is 25.9 Å². The first-order valence-corrected chi connectivity index (χ1v) is 6.40. The van der Waals surface area contributed by atoms with Crippen LogP contribution in [0, 0.1) is 0 Å². The SMILES string of the molecule is CCCCOCCOCC(O)CNC1CC1. The lowest BCUT2D eigenvalue weighted by Crippen LogP contribution is -2.32. The summed E-state index contributed by atoms with van der Waals surface area (Å²) in [4.78, 5) is 0. The molecular formula is C12H25NO3. The zero-order valence-electron chi connectivity index (χ0n) is 10.3. The number of hydrogen-bond acceptors (Lipinski definition) is 4. The van der Waals surface area contributed by atoms with E-state index in [2.05, 4.69) is 12.2 Å². The molecule has 0 aromatic rings. The summed E-state index contributed by atoms with van der Waals surface area (Å²) in [6.45, 7) is 5.19. The van der Waals surface area contributed by atoms with E-state index in [1.165, 1.54) is 12.8 Å². The van der Waals surface area contributed by atoms with Crippen molar-refractivity contribution in [3.8, 4) is 0 Å². The fourth-order valence-electron chi connectivity index (χ4n) is 1.33. The average Bonchev–Trinajstić information content (AvgIpc) is 3.09. The van der Waals surface area contributed by atoms with E-state index in [0.29, 0.717) is 32.4 Å². The fraction of sp³-hybridized carbons (Fsp3) is 1.00. The third kappa shape index (κ3) is 8.05. The molecule has 0 amide bonds. The summed E-state index contributed by atoms with van der Waals surface area (Å²) in [5, 5.41) is 12.8. The minimum atomic E-state index is -0.392. The van der Waals surface area contributed by atoms with E-state index in [-0.39, 0.29) is 0 Å². The molecule has 2 N–H and O–H groups in total. The first-order chi connectivity index (χ1) is 7.83. The van der Waals surface area contributed by atoms with Crippen molar-refractivity contribution in [2.45, 2.75) is 44.8 Å². The van der Waals surface area contributed by atoms with E-state index in [1.807, 2.05) is 0 Å². The van der Waals surface area contributed by atoms with Gasteiger partial charge in [0.25, 0.3) is 0 Å². The quantitative estimate of drug-likeness (QED) is 0.519. The molecule has 1 aliphatic rings. The summed E-state index contributed by atoms with van der Waals surface area (Å²) >= 11 is 0. The predicted octanol–water partition coefficient (Wildman–Crippen LogP) is 0.933. The second-order valence-corrected chi connectivity index (χ2v) is 4.38. The van der Waals surface area contributed by atoms with Gasteiger partial charge >= 0.3 is 0 Å². The Hall–Kier alpha value is -0.160. The number of rotatable bonds is 11. The lowest BCUT2D eigenvalue weighted by molar-refractivity contribution is 0.00384. The van der Waals surface area contributed by atoms with E-state index < -0.39 is 6.10 Å². The van der Waals surface area contributed by atoms with Gasteiger partial charge in [-0.05, 0) is 19.3 Å². The van der Waals surface area contributed by atoms with Gasteiger partial charge < -0.3 is 19.9 Å². The van der Waals surface area contributed by atoms with Crippen LogP contribution in [0.25, 0.3) is 0 Å². The number of hydrogen-bond donors (Lipinski definition) is 2. The highest BCUT2D eigenvalue weighted by atomic mass is 16.5. The highest BCUT2D eigenvalue weighted by Crippen LogP contribution is 2.18. The molecule has 0 heterocycles. The Morgan fingerprint density at radius 3 is 2.69 bits per heavy atom. The van der Waals surface area contributed by atoms with Crippen molar-refractivity contribution in [2.24, 2.45) is 0 Å². The summed E-state index contributed by atoms with van der Waals surface area (Å²) in [7, 11) is 0. The van der Waals surface area contributed by atoms with Crippen LogP contribution in [0.15, 0.2) is 0 Å². The molecule has 96 valence electrons. The van der Waals surface area contributed by atoms with E-state index in [1.54, 1.807) is 0 Å². The largest absolute Gasteiger partial charge is 0.389 e. The monoisotopic (exact) mass is 231 g/mol. The Bertz CT molecular complexity index is 162. The Kier molecular flexibility index (Phi) is 7.76. The lowest BCUT2D eigenvalue weighted by Gasteiger charge is -2.12. The molecule has 1 unspecified atom stereocenters. The molecule has 1 aliphatic carbocycles. The first-order valence-electron chi connectivity index (χ1n) is 6.40. The van der Waals surface area contributed by atoms with Gasteiger partial charge in [-0.15, -0.1) is 0 Å². The molecule has 1 rings (SSSR count). The molecule has 0 bridgehead atoms. The highest BCUT2D eigenvalue weighted by molar-refractivity contribution is 4.81. The second-order valence-electron chi connectivity index (χ2n) is 4.38. The number of aliphatic hydroxyl groups is 1. The smallest absolute Gasteiger partial charge is 0.0897 e. The molecule has 4 heteroatoms. The van der Waals surface area contributed by atoms with Crippen LogP contribution in [-0.4, -0.2) is 50.2 Å². The van der Waals surface area contributed by atoms with Crippen LogP contribution in [0.4, 0.5) is 0 Å². The normalized spacial score (nSPS) is 17.6. The minimum Gasteiger partial charge on any atom is -0.389 e. The van der Waals surface area contributed by atoms with E-state index in [9.17, 15) is 5.11 Å². The standard InChI is InChI=1S/C12H25NO3/c1-2-3-6-15-7-8-16-10-12(14)9-13-11-4-5-11/h11-14H,2-10H2,1H3. The number of aliphatic hydroxyl groups excluding tert-OH is 1. The summed E-state index contributed by atoms with van der Waals surface area (Å²) in [6, 6.07) is 0.645. The van der Waals surface area contributed by atoms with Crippen molar-refractivity contribution < 1.29 is 14.6 Å². The highest BCUT2D eigenvalue weighted by Gasteiger charge is 2.21. The van der Waals surface area contributed by atoms with Crippen molar-refractivity contribution in [3.05, 3.63) is 0 Å². The van der Waals surface area contributed by atoms with E-state index in [4.69, 9.17) is 9.47 Å². The topological polar surface area (TPSA) is 50.7 Å². The third-order valence-electron chi connectivity index (χ3n) is 2.54. The van der Waals surface area contributed by atoms with Gasteiger partial charge in [0.1, 0.15) is 0 Å². The van der Waals surface area contributed by atoms with Gasteiger partial charge in [-0.2, -0.15) is 0 Å². The maximum Gasteiger partial charge on any atom is 0.0897 e. The molecule has 0 aromatic carbocycles. The van der Waals surface area contributed by atoms with Crippen LogP contribution in [0.1, 0.15) is 32.6 Å². The molecule has 0 spiro atoms. The van der Waals surface area contributed by atoms with Crippen molar-refractivity contribution in [1.82, 2.24) is 5.32 Å². The van der Waals surface area contributed by atoms with E-state index >= 15 is 0 Å².